The highest BCUT2D eigenvalue weighted by molar-refractivity contribution is 5.80. The number of Topliss-reactive ketones (excluding diaryl/α,β-unsaturated/α-hetero) is 1. The van der Waals surface area contributed by atoms with E-state index in [1.807, 2.05) is 6.92 Å². The summed E-state index contributed by atoms with van der Waals surface area (Å²) in [5.41, 5.74) is 4.75. The molecule has 18 heavy (non-hydrogen) atoms. The van der Waals surface area contributed by atoms with Gasteiger partial charge >= 0.3 is 0 Å². The first kappa shape index (κ1) is 12.8. The summed E-state index contributed by atoms with van der Waals surface area (Å²) >= 11 is 0. The topological polar surface area (TPSA) is 34.9 Å². The van der Waals surface area contributed by atoms with Gasteiger partial charge in [-0.25, -0.2) is 4.98 Å². The van der Waals surface area contributed by atoms with E-state index in [2.05, 4.69) is 35.5 Å². The maximum atomic E-state index is 11.0. The molecule has 1 aromatic heterocycles. The summed E-state index contributed by atoms with van der Waals surface area (Å²) in [6, 6.07) is 4.34. The van der Waals surface area contributed by atoms with Gasteiger partial charge in [0.15, 0.2) is 0 Å². The number of benzene rings is 1. The van der Waals surface area contributed by atoms with Crippen molar-refractivity contribution < 1.29 is 4.79 Å². The molecule has 2 rings (SSSR count). The molecule has 0 spiro atoms. The van der Waals surface area contributed by atoms with E-state index < -0.39 is 0 Å². The monoisotopic (exact) mass is 244 g/mol. The Bertz CT molecular complexity index is 596. The molecule has 0 amide bonds. The van der Waals surface area contributed by atoms with Crippen LogP contribution in [0.1, 0.15) is 36.7 Å². The molecule has 3 heteroatoms. The molecule has 0 N–H and O–H groups in total. The second-order valence-corrected chi connectivity index (χ2v) is 5.07. The number of carbonyl (C=O) groups excluding carboxylic acids is 1. The standard InChI is InChI=1S/C15H20N2O/c1-10-8-11(2)15-14(9-10)17(13(4)16-15)7-5-6-12(3)18/h8-9H,5-7H2,1-4H3. The Hall–Kier alpha value is -1.64. The molecule has 0 aliphatic carbocycles. The molecular formula is C15H20N2O. The number of aromatic nitrogens is 2. The zero-order chi connectivity index (χ0) is 13.3. The zero-order valence-corrected chi connectivity index (χ0v) is 11.6. The summed E-state index contributed by atoms with van der Waals surface area (Å²) in [6.07, 6.45) is 1.53. The van der Waals surface area contributed by atoms with Gasteiger partial charge in [0.2, 0.25) is 0 Å². The lowest BCUT2D eigenvalue weighted by Gasteiger charge is -2.07. The maximum absolute atomic E-state index is 11.0. The van der Waals surface area contributed by atoms with Gasteiger partial charge in [0.25, 0.3) is 0 Å². The lowest BCUT2D eigenvalue weighted by molar-refractivity contribution is -0.117. The van der Waals surface area contributed by atoms with Crippen LogP contribution in [0.5, 0.6) is 0 Å². The van der Waals surface area contributed by atoms with Crippen molar-refractivity contribution in [3.8, 4) is 0 Å². The van der Waals surface area contributed by atoms with Gasteiger partial charge in [-0.1, -0.05) is 6.07 Å². The first-order chi connectivity index (χ1) is 8.49. The predicted molar refractivity (Wildman–Crippen MR) is 73.9 cm³/mol. The van der Waals surface area contributed by atoms with Crippen molar-refractivity contribution in [1.29, 1.82) is 0 Å². The highest BCUT2D eigenvalue weighted by Gasteiger charge is 2.09. The number of rotatable bonds is 4. The Kier molecular flexibility index (Phi) is 3.50. The second kappa shape index (κ2) is 4.92. The molecule has 0 saturated carbocycles. The van der Waals surface area contributed by atoms with Crippen LogP contribution in [-0.2, 0) is 11.3 Å². The van der Waals surface area contributed by atoms with Crippen LogP contribution in [0.3, 0.4) is 0 Å². The van der Waals surface area contributed by atoms with E-state index in [1.165, 1.54) is 16.6 Å². The van der Waals surface area contributed by atoms with Gasteiger partial charge in [-0.2, -0.15) is 0 Å². The van der Waals surface area contributed by atoms with Gasteiger partial charge < -0.3 is 9.36 Å². The van der Waals surface area contributed by atoms with E-state index in [0.717, 1.165) is 24.3 Å². The second-order valence-electron chi connectivity index (χ2n) is 5.07. The fourth-order valence-corrected chi connectivity index (χ4v) is 2.45. The Morgan fingerprint density at radius 1 is 1.28 bits per heavy atom. The average Bonchev–Trinajstić information content (AvgIpc) is 2.56. The zero-order valence-electron chi connectivity index (χ0n) is 11.6. The van der Waals surface area contributed by atoms with Crippen molar-refractivity contribution in [1.82, 2.24) is 9.55 Å². The van der Waals surface area contributed by atoms with E-state index in [9.17, 15) is 4.79 Å². The van der Waals surface area contributed by atoms with Crippen LogP contribution in [-0.4, -0.2) is 15.3 Å². The number of hydrogen-bond donors (Lipinski definition) is 0. The Morgan fingerprint density at radius 2 is 2.00 bits per heavy atom. The lowest BCUT2D eigenvalue weighted by Crippen LogP contribution is -2.02. The van der Waals surface area contributed by atoms with Crippen LogP contribution in [0.4, 0.5) is 0 Å². The minimum atomic E-state index is 0.254. The molecule has 2 aromatic rings. The van der Waals surface area contributed by atoms with Crippen LogP contribution in [0.25, 0.3) is 11.0 Å². The maximum Gasteiger partial charge on any atom is 0.129 e. The molecule has 0 unspecified atom stereocenters. The van der Waals surface area contributed by atoms with Crippen LogP contribution >= 0.6 is 0 Å². The molecule has 0 atom stereocenters. The van der Waals surface area contributed by atoms with Crippen molar-refractivity contribution >= 4 is 16.8 Å². The third-order valence-corrected chi connectivity index (χ3v) is 3.29. The number of ketones is 1. The van der Waals surface area contributed by atoms with E-state index in [1.54, 1.807) is 6.92 Å². The Morgan fingerprint density at radius 3 is 2.67 bits per heavy atom. The largest absolute Gasteiger partial charge is 0.328 e. The van der Waals surface area contributed by atoms with Gasteiger partial charge in [-0.15, -0.1) is 0 Å². The van der Waals surface area contributed by atoms with Crippen LogP contribution in [0.2, 0.25) is 0 Å². The van der Waals surface area contributed by atoms with E-state index in [4.69, 9.17) is 0 Å². The average molecular weight is 244 g/mol. The molecule has 1 heterocycles. The summed E-state index contributed by atoms with van der Waals surface area (Å²) < 4.78 is 2.22. The molecule has 0 fully saturated rings. The van der Waals surface area contributed by atoms with Gasteiger partial charge in [0, 0.05) is 13.0 Å². The molecule has 0 bridgehead atoms. The summed E-state index contributed by atoms with van der Waals surface area (Å²) in [5.74, 6) is 1.28. The van der Waals surface area contributed by atoms with Crippen LogP contribution in [0, 0.1) is 20.8 Å². The highest BCUT2D eigenvalue weighted by atomic mass is 16.1. The lowest BCUT2D eigenvalue weighted by atomic mass is 10.1. The number of aryl methyl sites for hydroxylation is 4. The molecule has 0 aliphatic rings. The smallest absolute Gasteiger partial charge is 0.129 e. The van der Waals surface area contributed by atoms with Gasteiger partial charge in [-0.3, -0.25) is 0 Å². The Labute approximate surface area is 108 Å². The molecule has 0 radical (unpaired) electrons. The number of fused-ring (bicyclic) bond motifs is 1. The van der Waals surface area contributed by atoms with Gasteiger partial charge in [-0.05, 0) is 51.3 Å². The molecule has 1 aromatic carbocycles. The third-order valence-electron chi connectivity index (χ3n) is 3.29. The fourth-order valence-electron chi connectivity index (χ4n) is 2.45. The summed E-state index contributed by atoms with van der Waals surface area (Å²) in [4.78, 5) is 15.6. The van der Waals surface area contributed by atoms with E-state index in [-0.39, 0.29) is 5.78 Å². The number of imidazole rings is 1. The first-order valence-electron chi connectivity index (χ1n) is 6.42. The molecule has 0 saturated heterocycles. The van der Waals surface area contributed by atoms with Gasteiger partial charge in [0.1, 0.15) is 11.6 Å². The van der Waals surface area contributed by atoms with Crippen molar-refractivity contribution in [2.45, 2.75) is 47.1 Å². The van der Waals surface area contributed by atoms with Crippen molar-refractivity contribution in [3.63, 3.8) is 0 Å². The Balaban J connectivity index is 2.37. The highest BCUT2D eigenvalue weighted by Crippen LogP contribution is 2.22. The first-order valence-corrected chi connectivity index (χ1v) is 6.42. The summed E-state index contributed by atoms with van der Waals surface area (Å²) in [6.45, 7) is 8.75. The summed E-state index contributed by atoms with van der Waals surface area (Å²) in [7, 11) is 0. The van der Waals surface area contributed by atoms with Crippen molar-refractivity contribution in [2.24, 2.45) is 0 Å². The number of hydrogen-bond acceptors (Lipinski definition) is 2. The molecular weight excluding hydrogens is 224 g/mol. The van der Waals surface area contributed by atoms with E-state index >= 15 is 0 Å². The van der Waals surface area contributed by atoms with Gasteiger partial charge in [0.05, 0.1) is 11.0 Å². The SMILES string of the molecule is CC(=O)CCCn1c(C)nc2c(C)cc(C)cc21. The normalized spacial score (nSPS) is 11.1. The number of nitrogens with zero attached hydrogens (tertiary/aromatic N) is 2. The van der Waals surface area contributed by atoms with E-state index in [0.29, 0.717) is 6.42 Å². The van der Waals surface area contributed by atoms with Crippen molar-refractivity contribution in [2.75, 3.05) is 0 Å². The van der Waals surface area contributed by atoms with Crippen molar-refractivity contribution in [3.05, 3.63) is 29.1 Å². The number of carbonyl (C=O) groups is 1. The quantitative estimate of drug-likeness (QED) is 0.826. The molecule has 96 valence electrons. The molecule has 3 nitrogen and oxygen atoms in total. The third kappa shape index (κ3) is 2.45. The fraction of sp³-hybridized carbons (Fsp3) is 0.467. The van der Waals surface area contributed by atoms with Crippen LogP contribution in [0.15, 0.2) is 12.1 Å². The van der Waals surface area contributed by atoms with Crippen LogP contribution < -0.4 is 0 Å². The predicted octanol–water partition coefficient (Wildman–Crippen LogP) is 3.33. The molecule has 0 aliphatic heterocycles. The summed E-state index contributed by atoms with van der Waals surface area (Å²) in [5, 5.41) is 0. The minimum Gasteiger partial charge on any atom is -0.328 e. The minimum absolute atomic E-state index is 0.254.